The van der Waals surface area contributed by atoms with Gasteiger partial charge in [0.25, 0.3) is 0 Å². The van der Waals surface area contributed by atoms with Crippen molar-refractivity contribution in [1.29, 1.82) is 0 Å². The van der Waals surface area contributed by atoms with E-state index in [4.69, 9.17) is 0 Å². The number of hydrogen-bond donors (Lipinski definition) is 1. The van der Waals surface area contributed by atoms with Crippen LogP contribution < -0.4 is 10.2 Å². The third kappa shape index (κ3) is 1.81. The number of rotatable bonds is 1. The highest BCUT2D eigenvalue weighted by Gasteiger charge is 2.34. The highest BCUT2D eigenvalue weighted by molar-refractivity contribution is 6.06. The van der Waals surface area contributed by atoms with Gasteiger partial charge in [0.15, 0.2) is 17.5 Å². The van der Waals surface area contributed by atoms with Gasteiger partial charge in [-0.3, -0.25) is 14.5 Å². The van der Waals surface area contributed by atoms with E-state index < -0.39 is 41.0 Å². The molecule has 1 aliphatic rings. The van der Waals surface area contributed by atoms with E-state index in [1.165, 1.54) is 6.92 Å². The number of hydrogen-bond acceptors (Lipinski definition) is 2. The van der Waals surface area contributed by atoms with Crippen LogP contribution in [0.2, 0.25) is 0 Å². The van der Waals surface area contributed by atoms with Gasteiger partial charge in [0.05, 0.1) is 12.2 Å². The molecule has 2 amide bonds. The molecule has 0 aliphatic carbocycles. The van der Waals surface area contributed by atoms with Crippen molar-refractivity contribution in [3.05, 3.63) is 29.6 Å². The summed E-state index contributed by atoms with van der Waals surface area (Å²) < 4.78 is 39.5. The maximum atomic E-state index is 13.6. The summed E-state index contributed by atoms with van der Waals surface area (Å²) in [6.07, 6.45) is 0. The van der Waals surface area contributed by atoms with E-state index in [-0.39, 0.29) is 6.54 Å². The predicted molar refractivity (Wildman–Crippen MR) is 56.3 cm³/mol. The Labute approximate surface area is 100 Å². The Bertz CT molecular complexity index is 533. The maximum absolute atomic E-state index is 13.6. The van der Waals surface area contributed by atoms with Crippen LogP contribution in [0.1, 0.15) is 6.92 Å². The minimum atomic E-state index is -1.67. The lowest BCUT2D eigenvalue weighted by Gasteiger charge is -2.32. The zero-order valence-electron chi connectivity index (χ0n) is 9.34. The molecule has 0 aromatic heterocycles. The fourth-order valence-corrected chi connectivity index (χ4v) is 1.77. The summed E-state index contributed by atoms with van der Waals surface area (Å²) in [4.78, 5) is 23.8. The van der Waals surface area contributed by atoms with Gasteiger partial charge in [-0.2, -0.15) is 0 Å². The van der Waals surface area contributed by atoms with Crippen molar-refractivity contribution in [2.45, 2.75) is 13.0 Å². The van der Waals surface area contributed by atoms with Gasteiger partial charge in [0.1, 0.15) is 6.04 Å². The quantitative estimate of drug-likeness (QED) is 0.763. The second-order valence-corrected chi connectivity index (χ2v) is 3.85. The number of piperazine rings is 1. The van der Waals surface area contributed by atoms with Crippen LogP contribution in [0.5, 0.6) is 0 Å². The molecule has 0 saturated carbocycles. The molecule has 1 aromatic carbocycles. The summed E-state index contributed by atoms with van der Waals surface area (Å²) in [5, 5.41) is 2.31. The zero-order chi connectivity index (χ0) is 13.4. The molecule has 2 rings (SSSR count). The van der Waals surface area contributed by atoms with Crippen molar-refractivity contribution in [1.82, 2.24) is 5.32 Å². The molecule has 18 heavy (non-hydrogen) atoms. The van der Waals surface area contributed by atoms with Crippen LogP contribution in [-0.4, -0.2) is 24.4 Å². The summed E-state index contributed by atoms with van der Waals surface area (Å²) >= 11 is 0. The molecule has 0 bridgehead atoms. The van der Waals surface area contributed by atoms with Crippen LogP contribution in [0.25, 0.3) is 0 Å². The number of nitrogens with one attached hydrogen (secondary N) is 1. The SMILES string of the molecule is CC1C(=O)NCC(=O)N1c1ccc(F)c(F)c1F. The van der Waals surface area contributed by atoms with E-state index in [0.717, 1.165) is 11.0 Å². The maximum Gasteiger partial charge on any atom is 0.247 e. The average molecular weight is 258 g/mol. The predicted octanol–water partition coefficient (Wildman–Crippen LogP) is 0.955. The summed E-state index contributed by atoms with van der Waals surface area (Å²) in [6, 6.07) is 0.659. The summed E-state index contributed by atoms with van der Waals surface area (Å²) in [5.74, 6) is -5.58. The number of halogens is 3. The standard InChI is InChI=1S/C11H9F3N2O2/c1-5-11(18)15-4-8(17)16(5)7-3-2-6(12)9(13)10(7)14/h2-3,5H,4H2,1H3,(H,15,18). The summed E-state index contributed by atoms with van der Waals surface area (Å²) in [5.41, 5.74) is -0.443. The first kappa shape index (κ1) is 12.4. The highest BCUT2D eigenvalue weighted by atomic mass is 19.2. The topological polar surface area (TPSA) is 49.4 Å². The minimum absolute atomic E-state index is 0.304. The molecule has 1 aromatic rings. The van der Waals surface area contributed by atoms with E-state index in [9.17, 15) is 22.8 Å². The average Bonchev–Trinajstić information content (AvgIpc) is 2.34. The Morgan fingerprint density at radius 3 is 2.56 bits per heavy atom. The first-order chi connectivity index (χ1) is 8.43. The first-order valence-electron chi connectivity index (χ1n) is 5.16. The third-order valence-corrected chi connectivity index (χ3v) is 2.72. The lowest BCUT2D eigenvalue weighted by atomic mass is 10.1. The lowest BCUT2D eigenvalue weighted by molar-refractivity contribution is -0.130. The zero-order valence-corrected chi connectivity index (χ0v) is 9.34. The van der Waals surface area contributed by atoms with Gasteiger partial charge in [-0.05, 0) is 19.1 Å². The molecular weight excluding hydrogens is 249 g/mol. The van der Waals surface area contributed by atoms with Crippen LogP contribution in [0.4, 0.5) is 18.9 Å². The van der Waals surface area contributed by atoms with E-state index in [1.54, 1.807) is 0 Å². The number of carbonyl (C=O) groups excluding carboxylic acids is 2. The van der Waals surface area contributed by atoms with Gasteiger partial charge in [0.2, 0.25) is 11.8 Å². The fraction of sp³-hybridized carbons (Fsp3) is 0.273. The smallest absolute Gasteiger partial charge is 0.247 e. The molecule has 1 heterocycles. The monoisotopic (exact) mass is 258 g/mol. The Balaban J connectivity index is 2.50. The van der Waals surface area contributed by atoms with Crippen molar-refractivity contribution in [2.24, 2.45) is 0 Å². The van der Waals surface area contributed by atoms with E-state index >= 15 is 0 Å². The summed E-state index contributed by atoms with van der Waals surface area (Å²) in [7, 11) is 0. The molecule has 1 saturated heterocycles. The van der Waals surface area contributed by atoms with Crippen LogP contribution in [0.15, 0.2) is 12.1 Å². The number of anilines is 1. The molecule has 1 N–H and O–H groups in total. The molecule has 1 atom stereocenters. The molecule has 4 nitrogen and oxygen atoms in total. The summed E-state index contributed by atoms with van der Waals surface area (Å²) in [6.45, 7) is 1.06. The van der Waals surface area contributed by atoms with Crippen LogP contribution in [0, 0.1) is 17.5 Å². The van der Waals surface area contributed by atoms with Gasteiger partial charge < -0.3 is 5.32 Å². The molecule has 0 spiro atoms. The Morgan fingerprint density at radius 1 is 1.22 bits per heavy atom. The highest BCUT2D eigenvalue weighted by Crippen LogP contribution is 2.26. The Kier molecular flexibility index (Phi) is 2.98. The second kappa shape index (κ2) is 4.32. The number of amides is 2. The second-order valence-electron chi connectivity index (χ2n) is 3.85. The van der Waals surface area contributed by atoms with Crippen molar-refractivity contribution < 1.29 is 22.8 Å². The number of nitrogens with zero attached hydrogens (tertiary/aromatic N) is 1. The first-order valence-corrected chi connectivity index (χ1v) is 5.16. The molecule has 1 aliphatic heterocycles. The van der Waals surface area contributed by atoms with Gasteiger partial charge in [-0.15, -0.1) is 0 Å². The van der Waals surface area contributed by atoms with Gasteiger partial charge in [-0.1, -0.05) is 0 Å². The van der Waals surface area contributed by atoms with Gasteiger partial charge in [0, 0.05) is 0 Å². The van der Waals surface area contributed by atoms with Crippen molar-refractivity contribution in [3.8, 4) is 0 Å². The molecular formula is C11H9F3N2O2. The molecule has 1 unspecified atom stereocenters. The molecule has 7 heteroatoms. The molecule has 96 valence electrons. The van der Waals surface area contributed by atoms with Crippen molar-refractivity contribution in [2.75, 3.05) is 11.4 Å². The van der Waals surface area contributed by atoms with Crippen molar-refractivity contribution >= 4 is 17.5 Å². The van der Waals surface area contributed by atoms with Gasteiger partial charge in [-0.25, -0.2) is 13.2 Å². The number of benzene rings is 1. The number of carbonyl (C=O) groups is 2. The van der Waals surface area contributed by atoms with E-state index in [1.807, 2.05) is 0 Å². The minimum Gasteiger partial charge on any atom is -0.345 e. The van der Waals surface area contributed by atoms with Crippen LogP contribution in [0.3, 0.4) is 0 Å². The molecule has 0 radical (unpaired) electrons. The third-order valence-electron chi connectivity index (χ3n) is 2.72. The fourth-order valence-electron chi connectivity index (χ4n) is 1.77. The normalized spacial score (nSPS) is 20.0. The molecule has 1 fully saturated rings. The van der Waals surface area contributed by atoms with E-state index in [2.05, 4.69) is 5.32 Å². The Hall–Kier alpha value is -2.05. The largest absolute Gasteiger partial charge is 0.345 e. The van der Waals surface area contributed by atoms with Crippen molar-refractivity contribution in [3.63, 3.8) is 0 Å². The van der Waals surface area contributed by atoms with Crippen LogP contribution in [-0.2, 0) is 9.59 Å². The van der Waals surface area contributed by atoms with Crippen LogP contribution >= 0.6 is 0 Å². The Morgan fingerprint density at radius 2 is 1.89 bits per heavy atom. The lowest BCUT2D eigenvalue weighted by Crippen LogP contribution is -2.57. The van der Waals surface area contributed by atoms with E-state index in [0.29, 0.717) is 6.07 Å². The van der Waals surface area contributed by atoms with Gasteiger partial charge >= 0.3 is 0 Å².